The van der Waals surface area contributed by atoms with E-state index in [0.29, 0.717) is 65.8 Å². The second kappa shape index (κ2) is 16.9. The van der Waals surface area contributed by atoms with Gasteiger partial charge in [-0.05, 0) is 66.7 Å². The molecule has 1 saturated heterocycles. The van der Waals surface area contributed by atoms with Crippen LogP contribution in [0.5, 0.6) is 0 Å². The topological polar surface area (TPSA) is 129 Å². The molecule has 258 valence electrons. The molecule has 2 fully saturated rings. The summed E-state index contributed by atoms with van der Waals surface area (Å²) in [5, 5.41) is 17.5. The van der Waals surface area contributed by atoms with Crippen molar-refractivity contribution in [2.45, 2.75) is 71.9 Å². The molecule has 11 nitrogen and oxygen atoms in total. The predicted octanol–water partition coefficient (Wildman–Crippen LogP) is 6.66. The van der Waals surface area contributed by atoms with E-state index < -0.39 is 0 Å². The van der Waals surface area contributed by atoms with Crippen LogP contribution in [-0.2, 0) is 16.1 Å². The summed E-state index contributed by atoms with van der Waals surface area (Å²) in [5.74, 6) is 3.30. The zero-order valence-electron chi connectivity index (χ0n) is 28.4. The average molecular weight is 676 g/mol. The zero-order valence-corrected chi connectivity index (χ0v) is 29.2. The molecular weight excluding hydrogens is 626 g/mol. The molecule has 3 heterocycles. The van der Waals surface area contributed by atoms with E-state index in [9.17, 15) is 9.59 Å². The van der Waals surface area contributed by atoms with Crippen LogP contribution in [0.15, 0.2) is 55.5 Å². The molecule has 1 aliphatic carbocycles. The third kappa shape index (κ3) is 10.0. The lowest BCUT2D eigenvalue weighted by molar-refractivity contribution is -0.123. The van der Waals surface area contributed by atoms with Crippen LogP contribution in [0.2, 0.25) is 5.02 Å². The Balaban J connectivity index is 1.05. The summed E-state index contributed by atoms with van der Waals surface area (Å²) in [5.41, 5.74) is 2.43. The molecule has 1 aliphatic heterocycles. The second-order valence-corrected chi connectivity index (χ2v) is 14.0. The fraction of sp³-hybridized carbons (Fsp3) is 0.528. The van der Waals surface area contributed by atoms with Crippen molar-refractivity contribution >= 4 is 46.6 Å². The van der Waals surface area contributed by atoms with Gasteiger partial charge in [0.15, 0.2) is 5.82 Å². The molecule has 1 saturated carbocycles. The van der Waals surface area contributed by atoms with E-state index >= 15 is 0 Å². The van der Waals surface area contributed by atoms with Gasteiger partial charge in [0.25, 0.3) is 0 Å². The number of anilines is 4. The maximum atomic E-state index is 12.8. The number of halogens is 1. The number of aromatic nitrogens is 4. The van der Waals surface area contributed by atoms with Gasteiger partial charge in [-0.2, -0.15) is 10.1 Å². The summed E-state index contributed by atoms with van der Waals surface area (Å²) in [4.78, 5) is 35.8. The van der Waals surface area contributed by atoms with E-state index in [1.165, 1.54) is 25.3 Å². The lowest BCUT2D eigenvalue weighted by Gasteiger charge is -2.32. The normalized spacial score (nSPS) is 22.0. The van der Waals surface area contributed by atoms with Gasteiger partial charge >= 0.3 is 0 Å². The first-order chi connectivity index (χ1) is 23.2. The minimum atomic E-state index is -0.264. The van der Waals surface area contributed by atoms with Crippen LogP contribution in [0.4, 0.5) is 23.1 Å². The van der Waals surface area contributed by atoms with Gasteiger partial charge in [-0.3, -0.25) is 14.3 Å². The van der Waals surface area contributed by atoms with Gasteiger partial charge in [-0.1, -0.05) is 63.9 Å². The number of rotatable bonds is 13. The quantitative estimate of drug-likeness (QED) is 0.117. The fourth-order valence-electron chi connectivity index (χ4n) is 7.12. The van der Waals surface area contributed by atoms with Gasteiger partial charge in [0.2, 0.25) is 17.8 Å². The molecule has 2 amide bonds. The molecular formula is C36H50ClN9O2. The Kier molecular flexibility index (Phi) is 12.5. The van der Waals surface area contributed by atoms with Crippen molar-refractivity contribution in [3.8, 4) is 0 Å². The zero-order chi connectivity index (χ0) is 34.0. The second-order valence-electron chi connectivity index (χ2n) is 13.6. The largest absolute Gasteiger partial charge is 0.365 e. The molecule has 5 rings (SSSR count). The third-order valence-corrected chi connectivity index (χ3v) is 10.2. The van der Waals surface area contributed by atoms with Crippen LogP contribution in [0.1, 0.15) is 70.9 Å². The summed E-state index contributed by atoms with van der Waals surface area (Å²) in [7, 11) is 0. The van der Waals surface area contributed by atoms with Crippen molar-refractivity contribution in [1.29, 1.82) is 0 Å². The molecule has 4 N–H and O–H groups in total. The molecule has 2 unspecified atom stereocenters. The molecule has 1 aromatic carbocycles. The lowest BCUT2D eigenvalue weighted by Crippen LogP contribution is -2.40. The Bertz CT molecular complexity index is 1540. The van der Waals surface area contributed by atoms with E-state index in [-0.39, 0.29) is 11.8 Å². The van der Waals surface area contributed by atoms with Crippen LogP contribution in [0.3, 0.4) is 0 Å². The smallest absolute Gasteiger partial charge is 0.247 e. The van der Waals surface area contributed by atoms with E-state index in [0.717, 1.165) is 49.6 Å². The molecule has 0 radical (unpaired) electrons. The Morgan fingerprint density at radius 2 is 1.88 bits per heavy atom. The first-order valence-electron chi connectivity index (χ1n) is 17.3. The third-order valence-electron chi connectivity index (χ3n) is 9.89. The highest BCUT2D eigenvalue weighted by molar-refractivity contribution is 6.32. The van der Waals surface area contributed by atoms with Crippen LogP contribution in [0.25, 0.3) is 0 Å². The fourth-order valence-corrected chi connectivity index (χ4v) is 7.28. The molecule has 0 bridgehead atoms. The lowest BCUT2D eigenvalue weighted by atomic mass is 9.79. The molecule has 2 aromatic heterocycles. The van der Waals surface area contributed by atoms with Crippen molar-refractivity contribution in [3.63, 3.8) is 0 Å². The number of nitrogens with one attached hydrogen (secondary N) is 4. The van der Waals surface area contributed by atoms with Crippen LogP contribution in [0, 0.1) is 23.7 Å². The average Bonchev–Trinajstić information content (AvgIpc) is 3.50. The number of piperidine rings is 1. The standard InChI is InChI=1S/C36H50ClN9O2/c1-5-33(47)42-28-8-6-7-27(18-28)20-39-35-32(37)22-40-36(44-35)43-29-21-41-46(23-29)30-11-14-45(15-12-30)16-13-38-34(48)19-31-25(3)10-9-24(2)17-26(31)4/h5-8,18,21-26,30-31H,1,9-17,19-20H2,2-4H3,(H,38,48)(H,42,47)(H2,39,40,43,44)/t24-,25+,26?,31?/m1/s1. The predicted molar refractivity (Wildman–Crippen MR) is 192 cm³/mol. The summed E-state index contributed by atoms with van der Waals surface area (Å²) in [6, 6.07) is 7.81. The molecule has 0 spiro atoms. The number of amides is 2. The van der Waals surface area contributed by atoms with Crippen LogP contribution >= 0.6 is 11.6 Å². The SMILES string of the molecule is C=CC(=O)Nc1cccc(CNc2nc(Nc3cnn(C4CCN(CCNC(=O)CC5C(C)C[C@H](C)CC[C@@H]5C)CC4)c3)ncc2Cl)c1. The van der Waals surface area contributed by atoms with Crippen molar-refractivity contribution in [1.82, 2.24) is 30.0 Å². The van der Waals surface area contributed by atoms with Gasteiger partial charge in [-0.15, -0.1) is 0 Å². The highest BCUT2D eigenvalue weighted by Gasteiger charge is 2.30. The van der Waals surface area contributed by atoms with E-state index in [1.807, 2.05) is 35.1 Å². The van der Waals surface area contributed by atoms with Crippen molar-refractivity contribution in [3.05, 3.63) is 66.1 Å². The first-order valence-corrected chi connectivity index (χ1v) is 17.6. The molecule has 2 aliphatic rings. The number of nitrogens with zero attached hydrogens (tertiary/aromatic N) is 5. The monoisotopic (exact) mass is 675 g/mol. The number of hydrogen-bond donors (Lipinski definition) is 4. The van der Waals surface area contributed by atoms with E-state index in [4.69, 9.17) is 11.6 Å². The van der Waals surface area contributed by atoms with Gasteiger partial charge in [0, 0.05) is 51.0 Å². The summed E-state index contributed by atoms with van der Waals surface area (Å²) in [6.07, 6.45) is 13.0. The highest BCUT2D eigenvalue weighted by Crippen LogP contribution is 2.37. The van der Waals surface area contributed by atoms with Crippen LogP contribution in [-0.4, -0.2) is 62.6 Å². The Hall–Kier alpha value is -3.96. The van der Waals surface area contributed by atoms with Crippen molar-refractivity contribution in [2.75, 3.05) is 42.1 Å². The molecule has 4 atom stereocenters. The van der Waals surface area contributed by atoms with Crippen molar-refractivity contribution in [2.24, 2.45) is 23.7 Å². The molecule has 3 aromatic rings. The highest BCUT2D eigenvalue weighted by atomic mass is 35.5. The van der Waals surface area contributed by atoms with Gasteiger partial charge in [0.05, 0.1) is 24.1 Å². The molecule has 48 heavy (non-hydrogen) atoms. The van der Waals surface area contributed by atoms with Crippen molar-refractivity contribution < 1.29 is 9.59 Å². The molecule has 12 heteroatoms. The summed E-state index contributed by atoms with van der Waals surface area (Å²) < 4.78 is 2.02. The Labute approximate surface area is 289 Å². The van der Waals surface area contributed by atoms with E-state index in [2.05, 4.69) is 68.6 Å². The number of benzene rings is 1. The first kappa shape index (κ1) is 35.3. The Morgan fingerprint density at radius 1 is 1.06 bits per heavy atom. The van der Waals surface area contributed by atoms with E-state index in [1.54, 1.807) is 12.4 Å². The number of likely N-dealkylation sites (tertiary alicyclic amines) is 1. The number of carbonyl (C=O) groups excluding carboxylic acids is 2. The number of carbonyl (C=O) groups is 2. The summed E-state index contributed by atoms with van der Waals surface area (Å²) >= 11 is 6.38. The maximum Gasteiger partial charge on any atom is 0.247 e. The Morgan fingerprint density at radius 3 is 2.67 bits per heavy atom. The minimum absolute atomic E-state index is 0.202. The van der Waals surface area contributed by atoms with Gasteiger partial charge in [0.1, 0.15) is 5.02 Å². The maximum absolute atomic E-state index is 12.8. The van der Waals surface area contributed by atoms with Gasteiger partial charge < -0.3 is 26.2 Å². The minimum Gasteiger partial charge on any atom is -0.365 e. The van der Waals surface area contributed by atoms with Crippen LogP contribution < -0.4 is 21.3 Å². The number of hydrogen-bond acceptors (Lipinski definition) is 8. The summed E-state index contributed by atoms with van der Waals surface area (Å²) in [6.45, 7) is 14.5. The van der Waals surface area contributed by atoms with Gasteiger partial charge in [-0.25, -0.2) is 4.98 Å².